The zero-order chi connectivity index (χ0) is 28.9. The Kier molecular flexibility index (Phi) is 8.90. The number of halogens is 1. The Hall–Kier alpha value is -3.89. The zero-order valence-corrected chi connectivity index (χ0v) is 24.1. The second kappa shape index (κ2) is 12.7. The van der Waals surface area contributed by atoms with Crippen LogP contribution in [0.2, 0.25) is 5.02 Å². The minimum absolute atomic E-state index is 0.321. The average molecular weight is 579 g/mol. The van der Waals surface area contributed by atoms with Crippen LogP contribution >= 0.6 is 11.6 Å². The van der Waals surface area contributed by atoms with Crippen LogP contribution in [0.3, 0.4) is 0 Å². The molecule has 0 saturated carbocycles. The number of aromatic nitrogens is 2. The third-order valence-electron chi connectivity index (χ3n) is 7.76. The number of amides is 1. The van der Waals surface area contributed by atoms with Gasteiger partial charge in [-0.2, -0.15) is 9.97 Å². The highest BCUT2D eigenvalue weighted by atomic mass is 35.5. The molecule has 2 aliphatic rings. The Labute approximate surface area is 244 Å². The summed E-state index contributed by atoms with van der Waals surface area (Å²) < 4.78 is 6.18. The maximum absolute atomic E-state index is 11.9. The van der Waals surface area contributed by atoms with Gasteiger partial charge in [-0.25, -0.2) is 4.79 Å². The summed E-state index contributed by atoms with van der Waals surface area (Å²) in [6, 6.07) is 12.8. The maximum atomic E-state index is 11.9. The van der Waals surface area contributed by atoms with Crippen LogP contribution in [0.1, 0.15) is 24.1 Å². The van der Waals surface area contributed by atoms with E-state index >= 15 is 0 Å². The summed E-state index contributed by atoms with van der Waals surface area (Å²) in [5.41, 5.74) is 3.03. The third kappa shape index (κ3) is 6.71. The number of nitrogens with zero attached hydrogens (tertiary/aromatic N) is 5. The largest absolute Gasteiger partial charge is 0.478 e. The number of likely N-dealkylation sites (tertiary alicyclic amines) is 1. The highest BCUT2D eigenvalue weighted by Gasteiger charge is 2.27. The molecule has 1 unspecified atom stereocenters. The predicted octanol–water partition coefficient (Wildman–Crippen LogP) is 3.51. The predicted molar refractivity (Wildman–Crippen MR) is 160 cm³/mol. The fraction of sp³-hybridized carbons (Fsp3) is 0.400. The SMILES string of the molecule is CN(CCNC(=O)/C=C/C(=O)O)c1nc(OCC2CCCN2C)nc2c1CCN(c1cccc3cccc(Cl)c13)C2. The van der Waals surface area contributed by atoms with Gasteiger partial charge in [-0.15, -0.1) is 0 Å². The van der Waals surface area contributed by atoms with Gasteiger partial charge in [-0.3, -0.25) is 4.79 Å². The van der Waals surface area contributed by atoms with Gasteiger partial charge in [0.2, 0.25) is 5.91 Å². The summed E-state index contributed by atoms with van der Waals surface area (Å²) in [4.78, 5) is 38.9. The number of aliphatic carboxylic acids is 1. The molecule has 2 aliphatic heterocycles. The van der Waals surface area contributed by atoms with Crippen molar-refractivity contribution in [2.75, 3.05) is 56.7 Å². The van der Waals surface area contributed by atoms with E-state index in [2.05, 4.69) is 46.4 Å². The number of rotatable bonds is 10. The molecule has 1 aromatic heterocycles. The van der Waals surface area contributed by atoms with Crippen molar-refractivity contribution in [1.29, 1.82) is 0 Å². The van der Waals surface area contributed by atoms with E-state index in [0.29, 0.717) is 38.3 Å². The highest BCUT2D eigenvalue weighted by molar-refractivity contribution is 6.36. The van der Waals surface area contributed by atoms with Gasteiger partial charge in [-0.05, 0) is 50.4 Å². The number of hydrogen-bond acceptors (Lipinski definition) is 8. The summed E-state index contributed by atoms with van der Waals surface area (Å²) >= 11 is 6.65. The molecule has 41 heavy (non-hydrogen) atoms. The molecule has 0 radical (unpaired) electrons. The van der Waals surface area contributed by atoms with Gasteiger partial charge in [-0.1, -0.05) is 35.9 Å². The summed E-state index contributed by atoms with van der Waals surface area (Å²) in [6.07, 6.45) is 4.80. The molecular formula is C30H35ClN6O4. The lowest BCUT2D eigenvalue weighted by Crippen LogP contribution is -2.36. The fourth-order valence-electron chi connectivity index (χ4n) is 5.53. The lowest BCUT2D eigenvalue weighted by Gasteiger charge is -2.33. The first-order chi connectivity index (χ1) is 19.8. The topological polar surface area (TPSA) is 111 Å². The Bertz CT molecular complexity index is 1460. The van der Waals surface area contributed by atoms with Crippen molar-refractivity contribution in [2.24, 2.45) is 0 Å². The molecule has 11 heteroatoms. The first kappa shape index (κ1) is 28.6. The van der Waals surface area contributed by atoms with Gasteiger partial charge in [0.05, 0.1) is 17.3 Å². The van der Waals surface area contributed by atoms with E-state index in [-0.39, 0.29) is 0 Å². The van der Waals surface area contributed by atoms with Crippen LogP contribution in [0.25, 0.3) is 10.8 Å². The van der Waals surface area contributed by atoms with Gasteiger partial charge in [0.1, 0.15) is 12.4 Å². The number of carbonyl (C=O) groups is 2. The number of benzene rings is 2. The molecule has 216 valence electrons. The minimum atomic E-state index is -1.17. The summed E-state index contributed by atoms with van der Waals surface area (Å²) in [5.74, 6) is -0.851. The third-order valence-corrected chi connectivity index (χ3v) is 8.07. The van der Waals surface area contributed by atoms with E-state index in [9.17, 15) is 9.59 Å². The quantitative estimate of drug-likeness (QED) is 0.349. The number of ether oxygens (including phenoxy) is 1. The second-order valence-corrected chi connectivity index (χ2v) is 10.9. The van der Waals surface area contributed by atoms with Crippen molar-refractivity contribution in [1.82, 2.24) is 20.2 Å². The lowest BCUT2D eigenvalue weighted by molar-refractivity contribution is -0.131. The molecule has 10 nitrogen and oxygen atoms in total. The van der Waals surface area contributed by atoms with E-state index in [1.54, 1.807) is 0 Å². The van der Waals surface area contributed by atoms with Crippen LogP contribution in [-0.4, -0.2) is 84.8 Å². The van der Waals surface area contributed by atoms with Crippen molar-refractivity contribution in [3.8, 4) is 6.01 Å². The number of carbonyl (C=O) groups excluding carboxylic acids is 1. The van der Waals surface area contributed by atoms with Crippen LogP contribution in [0, 0.1) is 0 Å². The molecule has 1 amide bonds. The van der Waals surface area contributed by atoms with E-state index in [1.165, 1.54) is 0 Å². The molecule has 3 aromatic rings. The standard InChI is InChI=1S/C30H35ClN6O4/c1-35-15-5-8-21(35)19-41-30-33-24-18-37(25-10-4-7-20-6-3-9-23(31)28(20)25)16-13-22(24)29(34-30)36(2)17-14-32-26(38)11-12-27(39)40/h3-4,6-7,9-12,21H,5,8,13-19H2,1-2H3,(H,32,38)(H,39,40)/b12-11+. The van der Waals surface area contributed by atoms with Crippen LogP contribution in [-0.2, 0) is 22.6 Å². The molecule has 1 saturated heterocycles. The zero-order valence-electron chi connectivity index (χ0n) is 23.3. The molecular weight excluding hydrogens is 544 g/mol. The number of carboxylic acids is 1. The van der Waals surface area contributed by atoms with E-state index in [1.807, 2.05) is 24.1 Å². The average Bonchev–Trinajstić information content (AvgIpc) is 3.38. The molecule has 5 rings (SSSR count). The molecule has 1 fully saturated rings. The summed E-state index contributed by atoms with van der Waals surface area (Å²) in [6.45, 7) is 3.73. The molecule has 0 spiro atoms. The van der Waals surface area contributed by atoms with E-state index < -0.39 is 11.9 Å². The molecule has 3 heterocycles. The van der Waals surface area contributed by atoms with E-state index in [0.717, 1.165) is 83.1 Å². The number of nitrogens with one attached hydrogen (secondary N) is 1. The fourth-order valence-corrected chi connectivity index (χ4v) is 5.81. The van der Waals surface area contributed by atoms with Crippen LogP contribution in [0.15, 0.2) is 48.6 Å². The van der Waals surface area contributed by atoms with Gasteiger partial charge in [0.25, 0.3) is 0 Å². The summed E-state index contributed by atoms with van der Waals surface area (Å²) in [7, 11) is 4.04. The Morgan fingerprint density at radius 3 is 2.76 bits per heavy atom. The Balaban J connectivity index is 1.39. The van der Waals surface area contributed by atoms with Crippen molar-refractivity contribution in [3.05, 3.63) is 64.8 Å². The van der Waals surface area contributed by atoms with Crippen LogP contribution in [0.5, 0.6) is 6.01 Å². The first-order valence-electron chi connectivity index (χ1n) is 13.8. The summed E-state index contributed by atoms with van der Waals surface area (Å²) in [5, 5.41) is 14.3. The molecule has 2 N–H and O–H groups in total. The molecule has 0 bridgehead atoms. The van der Waals surface area contributed by atoms with Crippen molar-refractivity contribution >= 4 is 45.8 Å². The smallest absolute Gasteiger partial charge is 0.328 e. The first-order valence-corrected chi connectivity index (χ1v) is 14.2. The number of anilines is 2. The molecule has 2 aromatic carbocycles. The monoisotopic (exact) mass is 578 g/mol. The van der Waals surface area contributed by atoms with Crippen molar-refractivity contribution in [2.45, 2.75) is 31.8 Å². The maximum Gasteiger partial charge on any atom is 0.328 e. The van der Waals surface area contributed by atoms with E-state index in [4.69, 9.17) is 31.4 Å². The number of carboxylic acid groups (broad SMARTS) is 1. The highest BCUT2D eigenvalue weighted by Crippen LogP contribution is 2.36. The van der Waals surface area contributed by atoms with Crippen LogP contribution < -0.4 is 19.9 Å². The van der Waals surface area contributed by atoms with Gasteiger partial charge in [0.15, 0.2) is 0 Å². The van der Waals surface area contributed by atoms with Crippen molar-refractivity contribution < 1.29 is 19.4 Å². The minimum Gasteiger partial charge on any atom is -0.478 e. The Morgan fingerprint density at radius 1 is 1.20 bits per heavy atom. The van der Waals surface area contributed by atoms with Crippen molar-refractivity contribution in [3.63, 3.8) is 0 Å². The van der Waals surface area contributed by atoms with Crippen LogP contribution in [0.4, 0.5) is 11.5 Å². The Morgan fingerprint density at radius 2 is 2.00 bits per heavy atom. The normalized spacial score (nSPS) is 17.1. The number of hydrogen-bond donors (Lipinski definition) is 2. The van der Waals surface area contributed by atoms with Gasteiger partial charge < -0.3 is 29.9 Å². The second-order valence-electron chi connectivity index (χ2n) is 10.5. The van der Waals surface area contributed by atoms with Gasteiger partial charge in [0, 0.05) is 61.5 Å². The number of fused-ring (bicyclic) bond motifs is 2. The van der Waals surface area contributed by atoms with Gasteiger partial charge >= 0.3 is 12.0 Å². The molecule has 1 atom stereocenters. The number of likely N-dealkylation sites (N-methyl/N-ethyl adjacent to an activating group) is 2. The lowest BCUT2D eigenvalue weighted by atomic mass is 10.0. The molecule has 0 aliphatic carbocycles.